The first-order chi connectivity index (χ1) is 24.1. The van der Waals surface area contributed by atoms with E-state index in [1.165, 1.54) is 54.7 Å². The van der Waals surface area contributed by atoms with E-state index in [-0.39, 0.29) is 33.2 Å². The van der Waals surface area contributed by atoms with Crippen molar-refractivity contribution in [2.45, 2.75) is 26.5 Å². The molecule has 0 aliphatic rings. The van der Waals surface area contributed by atoms with Gasteiger partial charge in [0.1, 0.15) is 0 Å². The van der Waals surface area contributed by atoms with Crippen molar-refractivity contribution < 1.29 is 24.2 Å². The summed E-state index contributed by atoms with van der Waals surface area (Å²) in [6, 6.07) is 53.1. The van der Waals surface area contributed by atoms with Crippen LogP contribution in [0.4, 0.5) is 0 Å². The summed E-state index contributed by atoms with van der Waals surface area (Å²) in [7, 11) is -1.37. The predicted octanol–water partition coefficient (Wildman–Crippen LogP) is 11.7. The topological polar surface area (TPSA) is 25.8 Å². The number of nitrogens with zero attached hydrogens (tertiary/aromatic N) is 2. The predicted molar refractivity (Wildman–Crippen MR) is 210 cm³/mol. The zero-order valence-corrected chi connectivity index (χ0v) is 31.6. The Morgan fingerprint density at radius 1 is 0.551 bits per heavy atom. The van der Waals surface area contributed by atoms with Crippen LogP contribution in [0.1, 0.15) is 9.81 Å². The van der Waals surface area contributed by atoms with E-state index in [2.05, 4.69) is 134 Å². The minimum Gasteiger partial charge on any atom is -0.358 e. The van der Waals surface area contributed by atoms with Gasteiger partial charge in [-0.1, -0.05) is 151 Å². The van der Waals surface area contributed by atoms with Gasteiger partial charge >= 0.3 is 0 Å². The van der Waals surface area contributed by atoms with Crippen molar-refractivity contribution >= 4 is 45.6 Å². The van der Waals surface area contributed by atoms with Crippen molar-refractivity contribution in [2.24, 2.45) is 0 Å². The van der Waals surface area contributed by atoms with Crippen LogP contribution in [0.25, 0.3) is 66.0 Å². The Labute approximate surface area is 309 Å². The maximum atomic E-state index is 7.30. The van der Waals surface area contributed by atoms with Crippen molar-refractivity contribution in [1.82, 2.24) is 9.97 Å². The molecule has 49 heavy (non-hydrogen) atoms. The largest absolute Gasteiger partial charge is 0.358 e. The zero-order valence-electron chi connectivity index (χ0n) is 31.2. The Morgan fingerprint density at radius 3 is 1.84 bits per heavy atom. The van der Waals surface area contributed by atoms with Crippen LogP contribution in [-0.4, -0.2) is 18.0 Å². The Bertz CT molecular complexity index is 2440. The number of hydrogen-bond donors (Lipinski definition) is 0. The Kier molecular flexibility index (Phi) is 9.79. The molecule has 0 N–H and O–H groups in total. The van der Waals surface area contributed by atoms with Gasteiger partial charge in [0, 0.05) is 41.7 Å². The fraction of sp³-hybridized carbons (Fsp3) is 0.0889. The minimum absolute atomic E-state index is 0. The molecule has 0 bridgehead atoms. The maximum absolute atomic E-state index is 7.30. The van der Waals surface area contributed by atoms with Crippen LogP contribution in [-0.2, 0) is 20.1 Å². The van der Waals surface area contributed by atoms with Gasteiger partial charge < -0.3 is 12.4 Å². The molecule has 4 heteroatoms. The van der Waals surface area contributed by atoms with E-state index in [0.29, 0.717) is 5.69 Å². The molecule has 0 atom stereocenters. The molecular formula is C45H40IrN2Si-2. The second kappa shape index (κ2) is 15.2. The van der Waals surface area contributed by atoms with E-state index in [9.17, 15) is 0 Å². The van der Waals surface area contributed by atoms with Crippen LogP contribution in [0.3, 0.4) is 0 Å². The molecule has 1 radical (unpaired) electrons. The molecule has 0 saturated heterocycles. The van der Waals surface area contributed by atoms with Crippen LogP contribution in [0.15, 0.2) is 152 Å². The summed E-state index contributed by atoms with van der Waals surface area (Å²) in [5.74, 6) is 0. The van der Waals surface area contributed by atoms with Crippen LogP contribution >= 0.6 is 0 Å². The quantitative estimate of drug-likeness (QED) is 0.100. The number of fused-ring (bicyclic) bond motifs is 6. The summed E-state index contributed by atoms with van der Waals surface area (Å²) >= 11 is 0. The summed E-state index contributed by atoms with van der Waals surface area (Å²) in [5, 5.41) is 8.95. The molecular weight excluding hydrogens is 789 g/mol. The van der Waals surface area contributed by atoms with Gasteiger partial charge in [0.05, 0.1) is 13.8 Å². The van der Waals surface area contributed by atoms with Crippen molar-refractivity contribution in [2.75, 3.05) is 0 Å². The summed E-state index contributed by atoms with van der Waals surface area (Å²) in [6.45, 7) is 4.91. The average molecular weight is 832 g/mol. The molecule has 0 amide bonds. The fourth-order valence-electron chi connectivity index (χ4n) is 6.05. The fourth-order valence-corrected chi connectivity index (χ4v) is 7.09. The summed E-state index contributed by atoms with van der Waals surface area (Å²) in [6.07, 6.45) is 2.06. The number of aryl methyl sites for hydroxylation is 1. The molecule has 2 heterocycles. The van der Waals surface area contributed by atoms with E-state index < -0.39 is 14.9 Å². The number of benzene rings is 6. The number of aromatic nitrogens is 2. The van der Waals surface area contributed by atoms with Crippen molar-refractivity contribution in [3.63, 3.8) is 0 Å². The molecule has 0 unspecified atom stereocenters. The summed E-state index contributed by atoms with van der Waals surface area (Å²) in [5.41, 5.74) is 6.24. The smallest absolute Gasteiger partial charge is 0.0795 e. The molecule has 2 nitrogen and oxygen atoms in total. The second-order valence-electron chi connectivity index (χ2n) is 12.8. The standard InChI is InChI=1S/C32H26NSi.C12H11N.CH3.Ir/c1-34(2,3)25-15-18-32(33-21-25)24-14-17-28-26-11-7-8-12-27(26)30-19-23(22-9-5-4-6-10-22)13-16-29(30)31(28)20-24;1-10-6-5-9-12(13-10)11-7-3-2-4-8-11;;/h4-13,15-21H,1-3H3;2-9H,1H3;1H3;/q-1;;-1;/i;1D3;;. The summed E-state index contributed by atoms with van der Waals surface area (Å²) < 4.78 is 21.9. The van der Waals surface area contributed by atoms with E-state index in [4.69, 9.17) is 9.10 Å². The van der Waals surface area contributed by atoms with Crippen molar-refractivity contribution in [3.05, 3.63) is 171 Å². The monoisotopic (exact) mass is 832 g/mol. The molecule has 8 rings (SSSR count). The molecule has 0 saturated carbocycles. The first kappa shape index (κ1) is 31.5. The molecule has 245 valence electrons. The van der Waals surface area contributed by atoms with Crippen LogP contribution in [0.5, 0.6) is 0 Å². The molecule has 2 aromatic heterocycles. The SMILES string of the molecule is C[Si](C)(C)c1ccc(-c2[c-]cc3c4ccccc4c4cc(-c5ccccc5)ccc4c3c2)nc1.[2H]C([2H])([2H])c1cccc(-c2ccccc2)n1.[CH3-].[Ir]. The van der Waals surface area contributed by atoms with Gasteiger partial charge in [-0.2, -0.15) is 0 Å². The van der Waals surface area contributed by atoms with E-state index in [1.807, 2.05) is 36.4 Å². The first-order valence-electron chi connectivity index (χ1n) is 17.4. The number of pyridine rings is 2. The Morgan fingerprint density at radius 2 is 1.18 bits per heavy atom. The van der Waals surface area contributed by atoms with E-state index >= 15 is 0 Å². The third-order valence-corrected chi connectivity index (χ3v) is 10.6. The minimum atomic E-state index is -2.15. The van der Waals surface area contributed by atoms with E-state index in [0.717, 1.165) is 16.8 Å². The molecule has 0 spiro atoms. The van der Waals surface area contributed by atoms with Crippen LogP contribution in [0.2, 0.25) is 19.6 Å². The van der Waals surface area contributed by atoms with Crippen molar-refractivity contribution in [3.8, 4) is 33.6 Å². The third kappa shape index (κ3) is 7.63. The van der Waals surface area contributed by atoms with Gasteiger partial charge in [0.2, 0.25) is 0 Å². The maximum Gasteiger partial charge on any atom is 0.0795 e. The van der Waals surface area contributed by atoms with Gasteiger partial charge in [-0.15, -0.1) is 23.8 Å². The zero-order chi connectivity index (χ0) is 34.9. The second-order valence-corrected chi connectivity index (χ2v) is 17.9. The van der Waals surface area contributed by atoms with Gasteiger partial charge in [0.25, 0.3) is 0 Å². The van der Waals surface area contributed by atoms with E-state index in [1.54, 1.807) is 6.07 Å². The van der Waals surface area contributed by atoms with Gasteiger partial charge in [-0.05, 0) is 63.2 Å². The Hall–Kier alpha value is -4.73. The summed E-state index contributed by atoms with van der Waals surface area (Å²) in [4.78, 5) is 8.97. The van der Waals surface area contributed by atoms with Gasteiger partial charge in [0.15, 0.2) is 0 Å². The van der Waals surface area contributed by atoms with Crippen LogP contribution in [0, 0.1) is 20.3 Å². The number of rotatable bonds is 4. The van der Waals surface area contributed by atoms with Crippen LogP contribution < -0.4 is 5.19 Å². The normalized spacial score (nSPS) is 12.1. The molecule has 8 aromatic rings. The average Bonchev–Trinajstić information content (AvgIpc) is 3.15. The third-order valence-electron chi connectivity index (χ3n) is 8.60. The van der Waals surface area contributed by atoms with Gasteiger partial charge in [-0.25, -0.2) is 0 Å². The molecule has 6 aromatic carbocycles. The molecule has 0 aliphatic carbocycles. The number of hydrogen-bond acceptors (Lipinski definition) is 2. The molecule has 0 fully saturated rings. The Balaban J connectivity index is 0.000000246. The molecule has 0 aliphatic heterocycles. The first-order valence-corrected chi connectivity index (χ1v) is 19.4. The van der Waals surface area contributed by atoms with Gasteiger partial charge in [-0.3, -0.25) is 4.98 Å². The van der Waals surface area contributed by atoms with Crippen molar-refractivity contribution in [1.29, 1.82) is 0 Å².